The number of hydrogen-bond donors (Lipinski definition) is 7. The summed E-state index contributed by atoms with van der Waals surface area (Å²) in [5.41, 5.74) is -2.81. The van der Waals surface area contributed by atoms with Gasteiger partial charge in [0.05, 0.1) is 42.3 Å². The monoisotopic (exact) mass is 1150 g/mol. The number of fused-ring (bicyclic) bond motifs is 5. The Morgan fingerprint density at radius 1 is 0.877 bits per heavy atom. The van der Waals surface area contributed by atoms with Gasteiger partial charge in [-0.25, -0.2) is 14.4 Å². The van der Waals surface area contributed by atoms with E-state index in [4.69, 9.17) is 39.3 Å². The van der Waals surface area contributed by atoms with E-state index in [-0.39, 0.29) is 53.5 Å². The summed E-state index contributed by atoms with van der Waals surface area (Å²) in [5, 5.41) is 58.3. The maximum atomic E-state index is 15.5. The van der Waals surface area contributed by atoms with Crippen molar-refractivity contribution in [1.82, 2.24) is 14.9 Å². The molecule has 8 N–H and O–H groups in total. The number of aromatic nitrogens is 2. The molecule has 3 aromatic carbocycles. The number of rotatable bonds is 12. The lowest BCUT2D eigenvalue weighted by atomic mass is 9.44. The quantitative estimate of drug-likeness (QED) is 0.0609. The van der Waals surface area contributed by atoms with Gasteiger partial charge in [0.25, 0.3) is 5.91 Å². The number of alkyl halides is 2. The molecule has 0 unspecified atom stereocenters. The number of Topliss-reactive ketones (excluding diaryl/α,β-unsaturated/α-hetero) is 1. The second-order valence-electron chi connectivity index (χ2n) is 21.2. The highest BCUT2D eigenvalue weighted by atomic mass is 35.5. The molecule has 2 saturated heterocycles. The van der Waals surface area contributed by atoms with Gasteiger partial charge in [-0.2, -0.15) is 13.8 Å². The third-order valence-corrected chi connectivity index (χ3v) is 16.1. The molecule has 9 rings (SSSR count). The van der Waals surface area contributed by atoms with Crippen molar-refractivity contribution in [2.45, 2.75) is 133 Å². The standard InChI is InChI=1S/C47H51NO14.C9H11F2N3O4.ClH/c1-25-31(60-43(56)36(52)35(28-16-10-7-11-17-28)48-41(54)29-18-12-8-13-19-29)23-47(57)40(61-42(55)30-20-14-9-15-21-30)38-45(6,32(51)22-33-46(38,24-58-33)62-27(3)50)39(53)37(59-26(2)49)34(25)44(47,4)5;10-9(11)6(16)4(3-15)18-7(9)14-2-1-5(12)13-8(14)17;/h7-21,31-33,35-38,40,51-52,57H,22-24H2,1-6H3,(H,48,54);1-2,4,6-7,15-16H,3H2,(H2,12,13,17);1H/t31-,32-,33+,35-,36+,37+,38-,40-,45+,46-,47+;4-,6-,7-;/m01./s1. The van der Waals surface area contributed by atoms with E-state index in [0.29, 0.717) is 10.1 Å². The summed E-state index contributed by atoms with van der Waals surface area (Å²) in [5.74, 6) is -10.7. The van der Waals surface area contributed by atoms with Crippen LogP contribution in [0.1, 0.15) is 92.9 Å². The maximum absolute atomic E-state index is 15.5. The van der Waals surface area contributed by atoms with Crippen LogP contribution in [0, 0.1) is 16.7 Å². The fourth-order valence-electron chi connectivity index (χ4n) is 11.9. The lowest BCUT2D eigenvalue weighted by Gasteiger charge is -2.67. The van der Waals surface area contributed by atoms with Crippen LogP contribution in [0.4, 0.5) is 14.6 Å². The van der Waals surface area contributed by atoms with E-state index in [0.717, 1.165) is 26.1 Å². The number of esters is 4. The number of carbonyl (C=O) groups excluding carboxylic acids is 6. The topological polar surface area (TPSA) is 332 Å². The number of aliphatic hydroxyl groups excluding tert-OH is 4. The zero-order valence-electron chi connectivity index (χ0n) is 44.7. The number of hydrogen-bond acceptors (Lipinski definition) is 20. The number of benzene rings is 3. The van der Waals surface area contributed by atoms with Gasteiger partial charge in [-0.05, 0) is 60.9 Å². The van der Waals surface area contributed by atoms with E-state index < -0.39 is 149 Å². The molecule has 25 heteroatoms. The van der Waals surface area contributed by atoms with Crippen LogP contribution in [0.2, 0.25) is 0 Å². The van der Waals surface area contributed by atoms with E-state index in [1.54, 1.807) is 92.7 Å². The van der Waals surface area contributed by atoms with Gasteiger partial charge >= 0.3 is 35.5 Å². The number of anilines is 1. The molecule has 3 aliphatic carbocycles. The van der Waals surface area contributed by atoms with E-state index in [1.807, 2.05) is 0 Å². The Labute approximate surface area is 468 Å². The second kappa shape index (κ2) is 23.4. The fraction of sp³-hybridized carbons (Fsp3) is 0.464. The molecule has 1 amide bonds. The van der Waals surface area contributed by atoms with Gasteiger partial charge in [0.1, 0.15) is 35.8 Å². The summed E-state index contributed by atoms with van der Waals surface area (Å²) < 4.78 is 63.0. The molecule has 4 aromatic rings. The van der Waals surface area contributed by atoms with E-state index in [1.165, 1.54) is 26.0 Å². The molecule has 3 heterocycles. The SMILES string of the molecule is CC(=O)O[C@H]1C(=O)[C@@]2(C)[C@H]([C@H](OC(=O)c3ccccc3)[C@]3(O)C[C@H](OC(=O)[C@H](O)[C@@H](NC(=O)c4ccccc4)c4ccccc4)C(C)=C1C3(C)C)[C@]1(OC(C)=O)CO[C@@H]1C[C@@H]2O.Cl.Nc1ccn([C@@H]2O[C@H](CO)[C@@H](O)C2(F)F)c(=O)n1. The fourth-order valence-corrected chi connectivity index (χ4v) is 11.9. The molecule has 14 atom stereocenters. The van der Waals surface area contributed by atoms with Gasteiger partial charge in [-0.3, -0.25) is 23.7 Å². The van der Waals surface area contributed by atoms with Gasteiger partial charge in [-0.1, -0.05) is 80.6 Å². The van der Waals surface area contributed by atoms with Crippen LogP contribution >= 0.6 is 12.4 Å². The summed E-state index contributed by atoms with van der Waals surface area (Å²) >= 11 is 0. The Hall–Kier alpha value is -7.03. The first-order chi connectivity index (χ1) is 37.6. The van der Waals surface area contributed by atoms with Crippen molar-refractivity contribution in [3.8, 4) is 0 Å². The van der Waals surface area contributed by atoms with Crippen molar-refractivity contribution in [3.63, 3.8) is 0 Å². The molecule has 4 fully saturated rings. The van der Waals surface area contributed by atoms with Gasteiger partial charge in [0.15, 0.2) is 29.7 Å². The number of ether oxygens (including phenoxy) is 6. The van der Waals surface area contributed by atoms with Crippen molar-refractivity contribution in [2.24, 2.45) is 16.7 Å². The van der Waals surface area contributed by atoms with Crippen LogP contribution in [-0.4, -0.2) is 150 Å². The zero-order valence-corrected chi connectivity index (χ0v) is 45.5. The number of nitrogens with one attached hydrogen (secondary N) is 1. The van der Waals surface area contributed by atoms with Crippen molar-refractivity contribution < 1.29 is 91.5 Å². The average Bonchev–Trinajstić information content (AvgIpc) is 3.76. The number of carbonyl (C=O) groups is 6. The molecule has 436 valence electrons. The van der Waals surface area contributed by atoms with E-state index >= 15 is 4.79 Å². The Morgan fingerprint density at radius 3 is 2.00 bits per heavy atom. The lowest BCUT2D eigenvalue weighted by molar-refractivity contribution is -0.346. The number of nitrogens with zero attached hydrogens (tertiary/aromatic N) is 2. The highest BCUT2D eigenvalue weighted by Gasteiger charge is 2.78. The predicted molar refractivity (Wildman–Crippen MR) is 280 cm³/mol. The van der Waals surface area contributed by atoms with Crippen molar-refractivity contribution in [3.05, 3.63) is 142 Å². The summed E-state index contributed by atoms with van der Waals surface area (Å²) in [4.78, 5) is 98.2. The van der Waals surface area contributed by atoms with Crippen LogP contribution in [0.25, 0.3) is 0 Å². The van der Waals surface area contributed by atoms with Crippen LogP contribution in [0.3, 0.4) is 0 Å². The second-order valence-corrected chi connectivity index (χ2v) is 21.2. The third-order valence-electron chi connectivity index (χ3n) is 16.1. The normalized spacial score (nSPS) is 31.2. The number of nitrogen functional groups attached to an aromatic ring is 1. The van der Waals surface area contributed by atoms with Crippen LogP contribution in [-0.2, 0) is 47.6 Å². The van der Waals surface area contributed by atoms with Gasteiger partial charge in [0.2, 0.25) is 6.23 Å². The number of ketones is 1. The largest absolute Gasteiger partial charge is 0.456 e. The predicted octanol–water partition coefficient (Wildman–Crippen LogP) is 2.87. The molecule has 81 heavy (non-hydrogen) atoms. The Bertz CT molecular complexity index is 3120. The summed E-state index contributed by atoms with van der Waals surface area (Å²) in [7, 11) is 0. The number of nitrogens with two attached hydrogens (primary N) is 1. The number of aliphatic hydroxyl groups is 5. The minimum atomic E-state index is -3.71. The molecular weight excluding hydrogens is 1090 g/mol. The van der Waals surface area contributed by atoms with Crippen molar-refractivity contribution in [1.29, 1.82) is 0 Å². The summed E-state index contributed by atoms with van der Waals surface area (Å²) in [6.07, 6.45) is -15.2. The highest BCUT2D eigenvalue weighted by Crippen LogP contribution is 2.64. The molecule has 22 nitrogen and oxygen atoms in total. The molecule has 2 saturated carbocycles. The molecule has 1 aromatic heterocycles. The molecule has 5 aliphatic rings. The minimum Gasteiger partial charge on any atom is -0.456 e. The highest BCUT2D eigenvalue weighted by molar-refractivity contribution is 5.96. The molecule has 0 spiro atoms. The molecule has 0 radical (unpaired) electrons. The van der Waals surface area contributed by atoms with E-state index in [9.17, 15) is 58.0 Å². The average molecular weight is 1150 g/mol. The zero-order chi connectivity index (χ0) is 58.4. The van der Waals surface area contributed by atoms with E-state index in [2.05, 4.69) is 10.3 Å². The number of halogens is 3. The minimum absolute atomic E-state index is 0. The summed E-state index contributed by atoms with van der Waals surface area (Å²) in [6.45, 7) is 7.19. The van der Waals surface area contributed by atoms with Gasteiger partial charge in [-0.15, -0.1) is 12.4 Å². The smallest absolute Gasteiger partial charge is 0.351 e. The first-order valence-electron chi connectivity index (χ1n) is 25.5. The first-order valence-corrected chi connectivity index (χ1v) is 25.5. The lowest BCUT2D eigenvalue weighted by Crippen LogP contribution is -2.82. The van der Waals surface area contributed by atoms with Gasteiger partial charge < -0.3 is 65.0 Å². The molecule has 2 bridgehead atoms. The molecule has 2 aliphatic heterocycles. The Balaban J connectivity index is 0.000000422. The molecular formula is C56H63ClF2N4O18. The Morgan fingerprint density at radius 2 is 1.47 bits per heavy atom. The first kappa shape index (κ1) is 61.6. The third kappa shape index (κ3) is 11.0. The van der Waals surface area contributed by atoms with Crippen molar-refractivity contribution in [2.75, 3.05) is 18.9 Å². The van der Waals surface area contributed by atoms with Gasteiger partial charge in [0, 0.05) is 43.9 Å². The van der Waals surface area contributed by atoms with Crippen LogP contribution in [0.15, 0.2) is 119 Å². The number of amides is 1. The maximum Gasteiger partial charge on any atom is 0.351 e. The van der Waals surface area contributed by atoms with Crippen LogP contribution < -0.4 is 16.7 Å². The Kier molecular flexibility index (Phi) is 17.8. The van der Waals surface area contributed by atoms with Crippen molar-refractivity contribution >= 4 is 53.8 Å². The van der Waals surface area contributed by atoms with Crippen LogP contribution in [0.5, 0.6) is 0 Å². The summed E-state index contributed by atoms with van der Waals surface area (Å²) in [6, 6.07) is 24.1.